The number of hydrogen-bond acceptors (Lipinski definition) is 8. The molecule has 164 valence electrons. The molecular weight excluding hydrogens is 432 g/mol. The van der Waals surface area contributed by atoms with Gasteiger partial charge in [-0.25, -0.2) is 9.78 Å². The molecule has 1 atom stereocenters. The van der Waals surface area contributed by atoms with Crippen molar-refractivity contribution in [3.05, 3.63) is 64.7 Å². The first-order chi connectivity index (χ1) is 15.4. The van der Waals surface area contributed by atoms with Gasteiger partial charge < -0.3 is 14.2 Å². The van der Waals surface area contributed by atoms with Crippen molar-refractivity contribution >= 4 is 29.1 Å². The number of esters is 1. The highest BCUT2D eigenvalue weighted by molar-refractivity contribution is 7.13. The van der Waals surface area contributed by atoms with E-state index in [-0.39, 0.29) is 17.7 Å². The van der Waals surface area contributed by atoms with E-state index in [1.165, 1.54) is 18.3 Å². The molecule has 2 heterocycles. The van der Waals surface area contributed by atoms with Crippen LogP contribution < -0.4 is 9.47 Å². The number of aromatic nitrogens is 1. The first-order valence-electron chi connectivity index (χ1n) is 9.75. The Balaban J connectivity index is 1.42. The maximum Gasteiger partial charge on any atom is 0.329 e. The van der Waals surface area contributed by atoms with E-state index < -0.39 is 23.8 Å². The second-order valence-electron chi connectivity index (χ2n) is 7.02. The van der Waals surface area contributed by atoms with Gasteiger partial charge in [0.2, 0.25) is 0 Å². The molecule has 0 spiro atoms. The van der Waals surface area contributed by atoms with Gasteiger partial charge >= 0.3 is 5.97 Å². The summed E-state index contributed by atoms with van der Waals surface area (Å²) in [5.41, 5.74) is 1.97. The molecule has 0 N–H and O–H groups in total. The molecule has 1 aliphatic heterocycles. The third kappa shape index (κ3) is 3.82. The van der Waals surface area contributed by atoms with E-state index in [0.717, 1.165) is 15.5 Å². The van der Waals surface area contributed by atoms with Crippen LogP contribution in [-0.4, -0.2) is 47.9 Å². The van der Waals surface area contributed by atoms with Crippen molar-refractivity contribution in [3.63, 3.8) is 0 Å². The van der Waals surface area contributed by atoms with E-state index in [1.54, 1.807) is 49.9 Å². The van der Waals surface area contributed by atoms with Crippen LogP contribution >= 0.6 is 11.3 Å². The zero-order valence-electron chi connectivity index (χ0n) is 17.7. The molecule has 9 heteroatoms. The van der Waals surface area contributed by atoms with Gasteiger partial charge in [-0.3, -0.25) is 14.5 Å². The van der Waals surface area contributed by atoms with E-state index in [1.807, 2.05) is 12.1 Å². The van der Waals surface area contributed by atoms with E-state index in [9.17, 15) is 14.4 Å². The molecule has 0 bridgehead atoms. The average molecular weight is 452 g/mol. The summed E-state index contributed by atoms with van der Waals surface area (Å²) in [6, 6.07) is 10.9. The molecular formula is C23H20N2O6S. The molecule has 0 fully saturated rings. The second-order valence-corrected chi connectivity index (χ2v) is 7.88. The van der Waals surface area contributed by atoms with Crippen LogP contribution in [0.15, 0.2) is 47.8 Å². The van der Waals surface area contributed by atoms with E-state index in [4.69, 9.17) is 14.2 Å². The lowest BCUT2D eigenvalue weighted by Gasteiger charge is -2.20. The Labute approximate surface area is 188 Å². The number of ether oxygens (including phenoxy) is 3. The molecule has 0 saturated heterocycles. The molecule has 1 aromatic heterocycles. The highest BCUT2D eigenvalue weighted by Gasteiger charge is 2.41. The van der Waals surface area contributed by atoms with E-state index in [2.05, 4.69) is 4.98 Å². The number of imide groups is 1. The Bertz CT molecular complexity index is 1170. The summed E-state index contributed by atoms with van der Waals surface area (Å²) in [6.45, 7) is 1.40. The number of benzene rings is 2. The Morgan fingerprint density at radius 1 is 1.03 bits per heavy atom. The Morgan fingerprint density at radius 3 is 2.31 bits per heavy atom. The maximum atomic E-state index is 12.6. The normalized spacial score (nSPS) is 13.7. The van der Waals surface area contributed by atoms with Crippen molar-refractivity contribution in [3.8, 4) is 22.1 Å². The van der Waals surface area contributed by atoms with Crippen LogP contribution in [0.2, 0.25) is 0 Å². The van der Waals surface area contributed by atoms with Crippen LogP contribution in [0.4, 0.5) is 0 Å². The molecule has 1 unspecified atom stereocenters. The Hall–Kier alpha value is -3.72. The van der Waals surface area contributed by atoms with Crippen LogP contribution in [0.3, 0.4) is 0 Å². The molecule has 32 heavy (non-hydrogen) atoms. The highest BCUT2D eigenvalue weighted by atomic mass is 32.1. The lowest BCUT2D eigenvalue weighted by molar-refractivity contribution is -0.149. The average Bonchev–Trinajstić information content (AvgIpc) is 3.39. The van der Waals surface area contributed by atoms with Gasteiger partial charge in [0, 0.05) is 10.9 Å². The highest BCUT2D eigenvalue weighted by Crippen LogP contribution is 2.33. The molecule has 0 radical (unpaired) electrons. The standard InChI is InChI=1S/C23H20N2O6S/c1-13(25-21(26)16-6-4-5-7-17(16)22(25)27)23(28)31-11-15-12-32-20(24-15)14-8-9-18(29-2)19(10-14)30-3/h4-10,12-13H,11H2,1-3H3. The van der Waals surface area contributed by atoms with Gasteiger partial charge in [0.15, 0.2) is 11.5 Å². The van der Waals surface area contributed by atoms with Crippen molar-refractivity contribution in [1.82, 2.24) is 9.88 Å². The first kappa shape index (κ1) is 21.5. The van der Waals surface area contributed by atoms with Crippen molar-refractivity contribution in [2.24, 2.45) is 0 Å². The lowest BCUT2D eigenvalue weighted by Crippen LogP contribution is -2.43. The zero-order chi connectivity index (χ0) is 22.8. The number of amides is 2. The smallest absolute Gasteiger partial charge is 0.329 e. The van der Waals surface area contributed by atoms with Crippen LogP contribution in [-0.2, 0) is 16.1 Å². The van der Waals surface area contributed by atoms with Gasteiger partial charge in [0.1, 0.15) is 17.7 Å². The largest absolute Gasteiger partial charge is 0.493 e. The fourth-order valence-corrected chi connectivity index (χ4v) is 4.21. The van der Waals surface area contributed by atoms with Gasteiger partial charge in [-0.2, -0.15) is 0 Å². The maximum absolute atomic E-state index is 12.6. The van der Waals surface area contributed by atoms with Crippen molar-refractivity contribution in [2.75, 3.05) is 14.2 Å². The van der Waals surface area contributed by atoms with Gasteiger partial charge in [-0.1, -0.05) is 12.1 Å². The summed E-state index contributed by atoms with van der Waals surface area (Å²) in [5.74, 6) is -0.480. The third-order valence-electron chi connectivity index (χ3n) is 5.10. The fraction of sp³-hybridized carbons (Fsp3) is 0.217. The molecule has 4 rings (SSSR count). The van der Waals surface area contributed by atoms with Gasteiger partial charge in [-0.05, 0) is 37.3 Å². The number of methoxy groups -OCH3 is 2. The monoisotopic (exact) mass is 452 g/mol. The quantitative estimate of drug-likeness (QED) is 0.400. The predicted molar refractivity (Wildman–Crippen MR) is 117 cm³/mol. The lowest BCUT2D eigenvalue weighted by atomic mass is 10.1. The van der Waals surface area contributed by atoms with Gasteiger partial charge in [0.25, 0.3) is 11.8 Å². The number of nitrogens with zero attached hydrogens (tertiary/aromatic N) is 2. The van der Waals surface area contributed by atoms with E-state index in [0.29, 0.717) is 17.2 Å². The molecule has 1 aliphatic rings. The number of carbonyl (C=O) groups is 3. The Morgan fingerprint density at radius 2 is 1.69 bits per heavy atom. The van der Waals surface area contributed by atoms with Crippen LogP contribution in [0, 0.1) is 0 Å². The van der Waals surface area contributed by atoms with E-state index >= 15 is 0 Å². The molecule has 2 amide bonds. The van der Waals surface area contributed by atoms with Gasteiger partial charge in [-0.15, -0.1) is 11.3 Å². The van der Waals surface area contributed by atoms with Crippen LogP contribution in [0.25, 0.3) is 10.6 Å². The van der Waals surface area contributed by atoms with Crippen LogP contribution in [0.1, 0.15) is 33.3 Å². The van der Waals surface area contributed by atoms with Gasteiger partial charge in [0.05, 0.1) is 31.0 Å². The summed E-state index contributed by atoms with van der Waals surface area (Å²) < 4.78 is 15.9. The predicted octanol–water partition coefficient (Wildman–Crippen LogP) is 3.56. The topological polar surface area (TPSA) is 95.0 Å². The number of fused-ring (bicyclic) bond motifs is 1. The minimum absolute atomic E-state index is 0.0733. The fourth-order valence-electron chi connectivity index (χ4n) is 3.41. The minimum Gasteiger partial charge on any atom is -0.493 e. The van der Waals surface area contributed by atoms with Crippen LogP contribution in [0.5, 0.6) is 11.5 Å². The number of rotatable bonds is 7. The molecule has 2 aromatic carbocycles. The minimum atomic E-state index is -1.05. The Kier molecular flexibility index (Phi) is 5.91. The number of hydrogen-bond donors (Lipinski definition) is 0. The number of carbonyl (C=O) groups excluding carboxylic acids is 3. The molecule has 0 saturated carbocycles. The second kappa shape index (κ2) is 8.80. The van der Waals surface area contributed by atoms with Crippen molar-refractivity contribution < 1.29 is 28.6 Å². The third-order valence-corrected chi connectivity index (χ3v) is 6.04. The summed E-state index contributed by atoms with van der Waals surface area (Å²) in [4.78, 5) is 43.1. The summed E-state index contributed by atoms with van der Waals surface area (Å²) in [6.07, 6.45) is 0. The SMILES string of the molecule is COc1ccc(-c2nc(COC(=O)C(C)N3C(=O)c4ccccc4C3=O)cs2)cc1OC. The number of thiazole rings is 1. The van der Waals surface area contributed by atoms with Crippen molar-refractivity contribution in [1.29, 1.82) is 0 Å². The molecule has 3 aromatic rings. The molecule has 0 aliphatic carbocycles. The first-order valence-corrected chi connectivity index (χ1v) is 10.6. The summed E-state index contributed by atoms with van der Waals surface area (Å²) >= 11 is 1.40. The van der Waals surface area contributed by atoms with Crippen molar-refractivity contribution in [2.45, 2.75) is 19.6 Å². The molecule has 8 nitrogen and oxygen atoms in total. The summed E-state index contributed by atoms with van der Waals surface area (Å²) in [7, 11) is 3.13. The zero-order valence-corrected chi connectivity index (χ0v) is 18.5. The summed E-state index contributed by atoms with van der Waals surface area (Å²) in [5, 5.41) is 2.51.